The molecule has 10 rings (SSSR count). The van der Waals surface area contributed by atoms with Crippen molar-refractivity contribution in [2.24, 2.45) is 0 Å². The fourth-order valence-electron chi connectivity index (χ4n) is 8.92. The van der Waals surface area contributed by atoms with Gasteiger partial charge in [0.15, 0.2) is 0 Å². The van der Waals surface area contributed by atoms with Crippen LogP contribution < -0.4 is 4.90 Å². The minimum atomic E-state index is -0.237. The Morgan fingerprint density at radius 3 is 1.43 bits per heavy atom. The Morgan fingerprint density at radius 1 is 0.352 bits per heavy atom. The summed E-state index contributed by atoms with van der Waals surface area (Å²) in [4.78, 5) is 5.04. The highest BCUT2D eigenvalue weighted by molar-refractivity contribution is 7.18. The van der Waals surface area contributed by atoms with Gasteiger partial charge in [0.2, 0.25) is 0 Å². The lowest BCUT2D eigenvalue weighted by Gasteiger charge is -2.42. The van der Waals surface area contributed by atoms with Crippen molar-refractivity contribution in [3.8, 4) is 54.3 Å². The Morgan fingerprint density at radius 2 is 0.796 bits per heavy atom. The van der Waals surface area contributed by atoms with E-state index >= 15 is 0 Å². The molecule has 0 saturated heterocycles. The molecule has 0 fully saturated rings. The minimum Gasteiger partial charge on any atom is -0.310 e. The first-order valence-electron chi connectivity index (χ1n) is 18.9. The first-order valence-corrected chi connectivity index (χ1v) is 19.7. The molecule has 8 aromatic rings. The summed E-state index contributed by atoms with van der Waals surface area (Å²) in [5.74, 6) is 0. The van der Waals surface area contributed by atoms with Gasteiger partial charge in [-0.2, -0.15) is 0 Å². The van der Waals surface area contributed by atoms with Crippen LogP contribution in [-0.4, -0.2) is 0 Å². The molecule has 2 heteroatoms. The van der Waals surface area contributed by atoms with Gasteiger partial charge >= 0.3 is 0 Å². The van der Waals surface area contributed by atoms with E-state index < -0.39 is 0 Å². The predicted molar refractivity (Wildman–Crippen MR) is 230 cm³/mol. The molecule has 260 valence electrons. The first-order chi connectivity index (χ1) is 26.3. The number of benzene rings is 7. The number of anilines is 3. The molecular formula is C52H41NS. The molecule has 2 aliphatic rings. The molecule has 1 aliphatic heterocycles. The van der Waals surface area contributed by atoms with Crippen LogP contribution in [0.5, 0.6) is 0 Å². The number of nitrogens with zero attached hydrogens (tertiary/aromatic N) is 1. The van der Waals surface area contributed by atoms with E-state index in [1.807, 2.05) is 11.3 Å². The van der Waals surface area contributed by atoms with Gasteiger partial charge in [0.05, 0.1) is 11.4 Å². The van der Waals surface area contributed by atoms with Crippen LogP contribution in [0.25, 0.3) is 54.3 Å². The molecule has 0 bridgehead atoms. The summed E-state index contributed by atoms with van der Waals surface area (Å²) in [6, 6.07) is 65.2. The van der Waals surface area contributed by atoms with Crippen molar-refractivity contribution in [2.45, 2.75) is 38.5 Å². The SMILES string of the molecule is CC1(C)c2ccccc2-c2ccc(-c3ccc4c(c3)C(C)(C)c3cc(-c5ccccc5)ccc3N4c3ccc(-c4ccc(-c5ccccc5)s4)cc3)cc21. The maximum atomic E-state index is 2.48. The second-order valence-corrected chi connectivity index (χ2v) is 16.9. The molecule has 54 heavy (non-hydrogen) atoms. The highest BCUT2D eigenvalue weighted by atomic mass is 32.1. The van der Waals surface area contributed by atoms with E-state index in [0.29, 0.717) is 0 Å². The molecule has 1 aromatic heterocycles. The van der Waals surface area contributed by atoms with E-state index in [9.17, 15) is 0 Å². The average molecular weight is 712 g/mol. The summed E-state index contributed by atoms with van der Waals surface area (Å²) in [5.41, 5.74) is 19.0. The summed E-state index contributed by atoms with van der Waals surface area (Å²) in [7, 11) is 0. The van der Waals surface area contributed by atoms with E-state index in [4.69, 9.17) is 0 Å². The molecule has 2 heterocycles. The molecule has 0 spiro atoms. The molecule has 0 amide bonds. The Balaban J connectivity index is 1.09. The van der Waals surface area contributed by atoms with Crippen LogP contribution >= 0.6 is 11.3 Å². The summed E-state index contributed by atoms with van der Waals surface area (Å²) < 4.78 is 0. The number of thiophene rings is 1. The summed E-state index contributed by atoms with van der Waals surface area (Å²) in [6.45, 7) is 9.52. The van der Waals surface area contributed by atoms with E-state index in [2.05, 4.69) is 209 Å². The summed E-state index contributed by atoms with van der Waals surface area (Å²) >= 11 is 1.85. The zero-order chi connectivity index (χ0) is 36.6. The third-order valence-corrected chi connectivity index (χ3v) is 13.1. The number of hydrogen-bond acceptors (Lipinski definition) is 2. The predicted octanol–water partition coefficient (Wildman–Crippen LogP) is 14.8. The highest BCUT2D eigenvalue weighted by Gasteiger charge is 2.38. The highest BCUT2D eigenvalue weighted by Crippen LogP contribution is 2.54. The lowest BCUT2D eigenvalue weighted by Crippen LogP contribution is -2.30. The molecule has 0 radical (unpaired) electrons. The van der Waals surface area contributed by atoms with Crippen molar-refractivity contribution in [1.82, 2.24) is 0 Å². The van der Waals surface area contributed by atoms with E-state index in [0.717, 1.165) is 5.69 Å². The van der Waals surface area contributed by atoms with Crippen molar-refractivity contribution in [2.75, 3.05) is 4.90 Å². The maximum Gasteiger partial charge on any atom is 0.0503 e. The van der Waals surface area contributed by atoms with Gasteiger partial charge in [0, 0.05) is 26.3 Å². The monoisotopic (exact) mass is 711 g/mol. The second-order valence-electron chi connectivity index (χ2n) is 15.8. The van der Waals surface area contributed by atoms with Crippen LogP contribution in [0, 0.1) is 0 Å². The van der Waals surface area contributed by atoms with Crippen LogP contribution in [0.3, 0.4) is 0 Å². The van der Waals surface area contributed by atoms with Crippen LogP contribution in [-0.2, 0) is 10.8 Å². The van der Waals surface area contributed by atoms with Gasteiger partial charge in [-0.1, -0.05) is 149 Å². The Labute approximate surface area is 322 Å². The second kappa shape index (κ2) is 12.3. The smallest absolute Gasteiger partial charge is 0.0503 e. The third-order valence-electron chi connectivity index (χ3n) is 11.9. The third kappa shape index (κ3) is 5.12. The quantitative estimate of drug-likeness (QED) is 0.172. The van der Waals surface area contributed by atoms with Crippen LogP contribution in [0.4, 0.5) is 17.1 Å². The van der Waals surface area contributed by atoms with Gasteiger partial charge < -0.3 is 4.90 Å². The van der Waals surface area contributed by atoms with Gasteiger partial charge in [0.1, 0.15) is 0 Å². The van der Waals surface area contributed by atoms with Crippen molar-refractivity contribution in [3.63, 3.8) is 0 Å². The summed E-state index contributed by atoms with van der Waals surface area (Å²) in [5, 5.41) is 0. The Hall–Kier alpha value is -5.96. The molecule has 0 atom stereocenters. The molecule has 1 nitrogen and oxygen atoms in total. The lowest BCUT2D eigenvalue weighted by molar-refractivity contribution is 0.632. The van der Waals surface area contributed by atoms with Gasteiger partial charge in [-0.25, -0.2) is 0 Å². The van der Waals surface area contributed by atoms with Gasteiger partial charge in [0.25, 0.3) is 0 Å². The lowest BCUT2D eigenvalue weighted by atomic mass is 9.72. The number of fused-ring (bicyclic) bond motifs is 5. The number of rotatable bonds is 5. The Kier molecular flexibility index (Phi) is 7.44. The van der Waals surface area contributed by atoms with Crippen molar-refractivity contribution in [3.05, 3.63) is 198 Å². The van der Waals surface area contributed by atoms with Gasteiger partial charge in [-0.3, -0.25) is 0 Å². The minimum absolute atomic E-state index is 0.0443. The molecule has 0 N–H and O–H groups in total. The van der Waals surface area contributed by atoms with Crippen LogP contribution in [0.1, 0.15) is 49.9 Å². The molecule has 1 aliphatic carbocycles. The van der Waals surface area contributed by atoms with Gasteiger partial charge in [-0.05, 0) is 121 Å². The standard InChI is InChI=1S/C52H41NS/c1-51(2)43-18-12-11-17-41(43)42-26-21-38(31-44(42)51)39-23-28-48-46(33-39)52(3,4)45-32-37(34-13-7-5-8-14-34)22-27-47(45)53(48)40-24-19-36(20-25-40)50-30-29-49(54-50)35-15-9-6-10-16-35/h5-33H,1-4H3. The molecule has 0 unspecified atom stereocenters. The molecule has 0 saturated carbocycles. The van der Waals surface area contributed by atoms with E-state index in [1.54, 1.807) is 0 Å². The van der Waals surface area contributed by atoms with E-state index in [1.165, 1.54) is 87.9 Å². The van der Waals surface area contributed by atoms with Crippen molar-refractivity contribution < 1.29 is 0 Å². The maximum absolute atomic E-state index is 2.48. The normalized spacial score (nSPS) is 14.6. The molecular weight excluding hydrogens is 671 g/mol. The number of hydrogen-bond donors (Lipinski definition) is 0. The van der Waals surface area contributed by atoms with Gasteiger partial charge in [-0.15, -0.1) is 11.3 Å². The fraction of sp³-hybridized carbons (Fsp3) is 0.115. The zero-order valence-electron chi connectivity index (χ0n) is 31.1. The van der Waals surface area contributed by atoms with Crippen LogP contribution in [0.15, 0.2) is 176 Å². The largest absolute Gasteiger partial charge is 0.310 e. The fourth-order valence-corrected chi connectivity index (χ4v) is 9.93. The topological polar surface area (TPSA) is 3.24 Å². The average Bonchev–Trinajstić information content (AvgIpc) is 3.80. The first kappa shape index (κ1) is 32.7. The summed E-state index contributed by atoms with van der Waals surface area (Å²) in [6.07, 6.45) is 0. The van der Waals surface area contributed by atoms with Crippen molar-refractivity contribution in [1.29, 1.82) is 0 Å². The zero-order valence-corrected chi connectivity index (χ0v) is 31.9. The van der Waals surface area contributed by atoms with Crippen molar-refractivity contribution >= 4 is 28.4 Å². The van der Waals surface area contributed by atoms with Crippen LogP contribution in [0.2, 0.25) is 0 Å². The Bertz CT molecular complexity index is 2700. The van der Waals surface area contributed by atoms with E-state index in [-0.39, 0.29) is 10.8 Å². The molecule has 7 aromatic carbocycles.